The maximum atomic E-state index is 12.7. The van der Waals surface area contributed by atoms with Crippen molar-refractivity contribution in [2.45, 2.75) is 6.54 Å². The van der Waals surface area contributed by atoms with Gasteiger partial charge < -0.3 is 9.88 Å². The number of hydrogen-bond acceptors (Lipinski definition) is 3. The monoisotopic (exact) mass is 378 g/mol. The molecule has 0 aliphatic heterocycles. The fourth-order valence-corrected chi connectivity index (χ4v) is 3.01. The summed E-state index contributed by atoms with van der Waals surface area (Å²) in [6.45, 7) is -0.103. The molecular formula is C20H15ClN4O2. The molecule has 0 saturated carbocycles. The molecule has 0 saturated heterocycles. The van der Waals surface area contributed by atoms with E-state index in [9.17, 15) is 9.59 Å². The zero-order valence-corrected chi connectivity index (χ0v) is 14.9. The molecule has 0 unspecified atom stereocenters. The molecule has 2 aromatic carbocycles. The van der Waals surface area contributed by atoms with E-state index in [1.54, 1.807) is 42.7 Å². The minimum Gasteiger partial charge on any atom is -0.324 e. The number of benzene rings is 2. The van der Waals surface area contributed by atoms with Crippen LogP contribution in [0.15, 0.2) is 77.9 Å². The molecule has 0 aliphatic carbocycles. The van der Waals surface area contributed by atoms with Gasteiger partial charge >= 0.3 is 0 Å². The van der Waals surface area contributed by atoms with E-state index in [4.69, 9.17) is 11.6 Å². The third-order valence-corrected chi connectivity index (χ3v) is 4.33. The van der Waals surface area contributed by atoms with Crippen LogP contribution >= 0.6 is 11.6 Å². The van der Waals surface area contributed by atoms with Crippen LogP contribution in [0.3, 0.4) is 0 Å². The van der Waals surface area contributed by atoms with Crippen molar-refractivity contribution in [2.75, 3.05) is 5.32 Å². The number of carbonyl (C=O) groups is 1. The van der Waals surface area contributed by atoms with Gasteiger partial charge in [0.05, 0.1) is 5.69 Å². The van der Waals surface area contributed by atoms with Crippen LogP contribution in [0.1, 0.15) is 0 Å². The maximum Gasteiger partial charge on any atom is 0.277 e. The lowest BCUT2D eigenvalue weighted by Crippen LogP contribution is -2.28. The Morgan fingerprint density at radius 1 is 1.04 bits per heavy atom. The van der Waals surface area contributed by atoms with Crippen molar-refractivity contribution >= 4 is 28.7 Å². The number of rotatable bonds is 4. The van der Waals surface area contributed by atoms with Crippen molar-refractivity contribution in [3.05, 3.63) is 88.4 Å². The molecule has 134 valence electrons. The lowest BCUT2D eigenvalue weighted by Gasteiger charge is -2.08. The molecule has 0 fully saturated rings. The molecule has 2 aromatic heterocycles. The molecule has 7 heteroatoms. The summed E-state index contributed by atoms with van der Waals surface area (Å²) >= 11 is 5.92. The summed E-state index contributed by atoms with van der Waals surface area (Å²) in [5, 5.41) is 7.69. The minimum absolute atomic E-state index is 0.103. The molecule has 0 radical (unpaired) electrons. The molecule has 0 spiro atoms. The molecule has 0 aliphatic rings. The number of anilines is 1. The summed E-state index contributed by atoms with van der Waals surface area (Å²) in [5.41, 5.74) is 2.33. The van der Waals surface area contributed by atoms with Crippen molar-refractivity contribution in [3.8, 4) is 11.3 Å². The Balaban J connectivity index is 1.60. The van der Waals surface area contributed by atoms with Gasteiger partial charge in [-0.3, -0.25) is 9.59 Å². The van der Waals surface area contributed by atoms with Crippen LogP contribution < -0.4 is 10.9 Å². The van der Waals surface area contributed by atoms with E-state index in [1.807, 2.05) is 30.3 Å². The number of halogens is 1. The van der Waals surface area contributed by atoms with E-state index in [-0.39, 0.29) is 18.0 Å². The van der Waals surface area contributed by atoms with Gasteiger partial charge in [-0.15, -0.1) is 0 Å². The second-order valence-electron chi connectivity index (χ2n) is 6.02. The summed E-state index contributed by atoms with van der Waals surface area (Å²) in [6, 6.07) is 18.2. The van der Waals surface area contributed by atoms with Crippen LogP contribution in [0.5, 0.6) is 0 Å². The molecule has 1 N–H and O–H groups in total. The number of hydrogen-bond donors (Lipinski definition) is 1. The molecule has 4 aromatic rings. The Hall–Kier alpha value is -3.38. The molecule has 2 heterocycles. The fourth-order valence-electron chi connectivity index (χ4n) is 2.82. The molecule has 1 amide bonds. The molecular weight excluding hydrogens is 364 g/mol. The first-order valence-electron chi connectivity index (χ1n) is 8.30. The van der Waals surface area contributed by atoms with Gasteiger partial charge in [0, 0.05) is 28.7 Å². The Bertz CT molecular complexity index is 1180. The summed E-state index contributed by atoms with van der Waals surface area (Å²) in [7, 11) is 0. The number of amides is 1. The normalized spacial score (nSPS) is 10.9. The predicted octanol–water partition coefficient (Wildman–Crippen LogP) is 3.46. The number of carbonyl (C=O) groups excluding carboxylic acids is 1. The molecule has 4 rings (SSSR count). The average Bonchev–Trinajstić information content (AvgIpc) is 3.10. The number of fused-ring (bicyclic) bond motifs is 1. The van der Waals surface area contributed by atoms with Crippen LogP contribution in [-0.4, -0.2) is 20.1 Å². The lowest BCUT2D eigenvalue weighted by atomic mass is 10.1. The largest absolute Gasteiger partial charge is 0.324 e. The van der Waals surface area contributed by atoms with Gasteiger partial charge in [-0.05, 0) is 24.3 Å². The van der Waals surface area contributed by atoms with E-state index in [0.29, 0.717) is 21.9 Å². The van der Waals surface area contributed by atoms with E-state index in [1.165, 1.54) is 9.08 Å². The Labute approximate surface area is 159 Å². The first-order chi connectivity index (χ1) is 13.1. The summed E-state index contributed by atoms with van der Waals surface area (Å²) < 4.78 is 2.88. The van der Waals surface area contributed by atoms with Gasteiger partial charge in [0.1, 0.15) is 12.1 Å². The van der Waals surface area contributed by atoms with E-state index in [0.717, 1.165) is 5.56 Å². The topological polar surface area (TPSA) is 68.4 Å². The van der Waals surface area contributed by atoms with Gasteiger partial charge in [-0.1, -0.05) is 48.0 Å². The van der Waals surface area contributed by atoms with Crippen LogP contribution in [0.25, 0.3) is 16.8 Å². The second-order valence-corrected chi connectivity index (χ2v) is 6.45. The minimum atomic E-state index is -0.313. The zero-order chi connectivity index (χ0) is 18.8. The Kier molecular flexibility index (Phi) is 4.48. The third kappa shape index (κ3) is 3.61. The molecule has 0 bridgehead atoms. The summed E-state index contributed by atoms with van der Waals surface area (Å²) in [6.07, 6.45) is 3.21. The van der Waals surface area contributed by atoms with Crippen LogP contribution in [0.2, 0.25) is 5.02 Å². The molecule has 27 heavy (non-hydrogen) atoms. The Morgan fingerprint density at radius 2 is 1.85 bits per heavy atom. The molecule has 0 atom stereocenters. The highest BCUT2D eigenvalue weighted by Gasteiger charge is 2.11. The van der Waals surface area contributed by atoms with Crippen molar-refractivity contribution in [1.29, 1.82) is 0 Å². The first kappa shape index (κ1) is 17.1. The molecule has 6 nitrogen and oxygen atoms in total. The lowest BCUT2D eigenvalue weighted by molar-refractivity contribution is -0.116. The Morgan fingerprint density at radius 3 is 2.63 bits per heavy atom. The van der Waals surface area contributed by atoms with Crippen molar-refractivity contribution in [1.82, 2.24) is 14.2 Å². The third-order valence-electron chi connectivity index (χ3n) is 4.10. The van der Waals surface area contributed by atoms with Gasteiger partial charge in [0.25, 0.3) is 5.56 Å². The fraction of sp³-hybridized carbons (Fsp3) is 0.0500. The van der Waals surface area contributed by atoms with Gasteiger partial charge in [0.15, 0.2) is 0 Å². The van der Waals surface area contributed by atoms with Gasteiger partial charge in [0.2, 0.25) is 5.91 Å². The predicted molar refractivity (Wildman–Crippen MR) is 105 cm³/mol. The highest BCUT2D eigenvalue weighted by molar-refractivity contribution is 6.30. The number of nitrogens with one attached hydrogen (secondary N) is 1. The van der Waals surface area contributed by atoms with Crippen molar-refractivity contribution in [3.63, 3.8) is 0 Å². The first-order valence-corrected chi connectivity index (χ1v) is 8.67. The summed E-state index contributed by atoms with van der Waals surface area (Å²) in [5.74, 6) is -0.313. The SMILES string of the molecule is O=C(Cn1ccn2nc(-c3ccccc3)cc2c1=O)Nc1cccc(Cl)c1. The number of aromatic nitrogens is 3. The standard InChI is InChI=1S/C20H15ClN4O2/c21-15-7-4-8-16(11-15)22-19(26)13-24-9-10-25-18(20(24)27)12-17(23-25)14-5-2-1-3-6-14/h1-12H,13H2,(H,22,26). The number of nitrogens with zero attached hydrogens (tertiary/aromatic N) is 3. The smallest absolute Gasteiger partial charge is 0.277 e. The quantitative estimate of drug-likeness (QED) is 0.591. The van der Waals surface area contributed by atoms with Crippen LogP contribution in [0.4, 0.5) is 5.69 Å². The van der Waals surface area contributed by atoms with E-state index in [2.05, 4.69) is 10.4 Å². The van der Waals surface area contributed by atoms with E-state index < -0.39 is 0 Å². The average molecular weight is 379 g/mol. The maximum absolute atomic E-state index is 12.7. The van der Waals surface area contributed by atoms with Crippen molar-refractivity contribution < 1.29 is 4.79 Å². The zero-order valence-electron chi connectivity index (χ0n) is 14.2. The second kappa shape index (κ2) is 7.09. The van der Waals surface area contributed by atoms with Crippen molar-refractivity contribution in [2.24, 2.45) is 0 Å². The van der Waals surface area contributed by atoms with Crippen LogP contribution in [-0.2, 0) is 11.3 Å². The van der Waals surface area contributed by atoms with Gasteiger partial charge in [-0.2, -0.15) is 5.10 Å². The van der Waals surface area contributed by atoms with Crippen LogP contribution in [0, 0.1) is 0 Å². The van der Waals surface area contributed by atoms with E-state index >= 15 is 0 Å². The summed E-state index contributed by atoms with van der Waals surface area (Å²) in [4.78, 5) is 25.0. The highest BCUT2D eigenvalue weighted by Crippen LogP contribution is 2.18. The highest BCUT2D eigenvalue weighted by atomic mass is 35.5. The van der Waals surface area contributed by atoms with Gasteiger partial charge in [-0.25, -0.2) is 4.52 Å².